The molecule has 1 N–H and O–H groups in total. The van der Waals surface area contributed by atoms with Gasteiger partial charge in [-0.2, -0.15) is 5.10 Å². The van der Waals surface area contributed by atoms with Gasteiger partial charge in [0.25, 0.3) is 0 Å². The summed E-state index contributed by atoms with van der Waals surface area (Å²) in [4.78, 5) is 29.5. The fraction of sp³-hybridized carbons (Fsp3) is 0.529. The average Bonchev–Trinajstić information content (AvgIpc) is 2.93. The minimum Gasteiger partial charge on any atom is -0.476 e. The Morgan fingerprint density at radius 1 is 1.28 bits per heavy atom. The molecule has 1 amide bonds. The molecule has 1 fully saturated rings. The maximum absolute atomic E-state index is 12.2. The molecule has 1 aliphatic heterocycles. The minimum absolute atomic E-state index is 0.00388. The molecule has 2 aromatic heterocycles. The predicted molar refractivity (Wildman–Crippen MR) is 90.6 cm³/mol. The molecule has 0 unspecified atom stereocenters. The summed E-state index contributed by atoms with van der Waals surface area (Å²) in [6.45, 7) is 6.60. The van der Waals surface area contributed by atoms with Crippen LogP contribution in [0.2, 0.25) is 0 Å². The Balaban J connectivity index is 1.77. The van der Waals surface area contributed by atoms with Crippen LogP contribution in [0.1, 0.15) is 50.1 Å². The van der Waals surface area contributed by atoms with Crippen LogP contribution in [0.4, 0.5) is 4.79 Å². The summed E-state index contributed by atoms with van der Waals surface area (Å²) in [6, 6.07) is 3.42. The number of carboxylic acids is 1. The number of rotatable bonds is 2. The van der Waals surface area contributed by atoms with Gasteiger partial charge in [0.2, 0.25) is 0 Å². The van der Waals surface area contributed by atoms with Crippen molar-refractivity contribution >= 4 is 23.1 Å². The van der Waals surface area contributed by atoms with Gasteiger partial charge in [0.15, 0.2) is 11.3 Å². The van der Waals surface area contributed by atoms with E-state index in [0.717, 1.165) is 0 Å². The second-order valence-corrected chi connectivity index (χ2v) is 7.17. The van der Waals surface area contributed by atoms with E-state index in [1.165, 1.54) is 0 Å². The summed E-state index contributed by atoms with van der Waals surface area (Å²) in [5, 5.41) is 14.1. The normalized spacial score (nSPS) is 16.2. The Hall–Kier alpha value is -2.64. The van der Waals surface area contributed by atoms with Gasteiger partial charge >= 0.3 is 12.1 Å². The lowest BCUT2D eigenvalue weighted by molar-refractivity contribution is 0.0186. The van der Waals surface area contributed by atoms with Crippen LogP contribution in [0.25, 0.3) is 11.0 Å². The Morgan fingerprint density at radius 2 is 1.96 bits per heavy atom. The molecule has 0 radical (unpaired) electrons. The molecule has 0 atom stereocenters. The monoisotopic (exact) mass is 346 g/mol. The number of aromatic nitrogens is 3. The van der Waals surface area contributed by atoms with E-state index in [0.29, 0.717) is 37.0 Å². The molecule has 0 saturated carbocycles. The van der Waals surface area contributed by atoms with Gasteiger partial charge in [-0.05, 0) is 45.7 Å². The SMILES string of the molecule is CC(C)(C)OC(=O)N1CCC(n2nc(C(=O)O)c3cccnc32)CC1. The van der Waals surface area contributed by atoms with E-state index in [1.807, 2.05) is 20.8 Å². The fourth-order valence-corrected chi connectivity index (χ4v) is 3.01. The largest absolute Gasteiger partial charge is 0.476 e. The second kappa shape index (κ2) is 6.34. The van der Waals surface area contributed by atoms with E-state index < -0.39 is 11.6 Å². The third kappa shape index (κ3) is 3.57. The number of carbonyl (C=O) groups is 2. The van der Waals surface area contributed by atoms with Crippen molar-refractivity contribution in [3.8, 4) is 0 Å². The molecule has 1 aliphatic rings. The van der Waals surface area contributed by atoms with Crippen LogP contribution in [0.3, 0.4) is 0 Å². The summed E-state index contributed by atoms with van der Waals surface area (Å²) in [6.07, 6.45) is 2.65. The number of carboxylic acid groups (broad SMARTS) is 1. The van der Waals surface area contributed by atoms with Crippen LogP contribution in [0, 0.1) is 0 Å². The Bertz CT molecular complexity index is 801. The number of fused-ring (bicyclic) bond motifs is 1. The molecule has 0 spiro atoms. The number of nitrogens with zero attached hydrogens (tertiary/aromatic N) is 4. The van der Waals surface area contributed by atoms with E-state index >= 15 is 0 Å². The first-order valence-electron chi connectivity index (χ1n) is 8.31. The molecule has 8 heteroatoms. The van der Waals surface area contributed by atoms with Gasteiger partial charge in [-0.25, -0.2) is 19.3 Å². The highest BCUT2D eigenvalue weighted by Crippen LogP contribution is 2.27. The van der Waals surface area contributed by atoms with Crippen molar-refractivity contribution in [3.05, 3.63) is 24.0 Å². The third-order valence-corrected chi connectivity index (χ3v) is 4.13. The number of piperidine rings is 1. The van der Waals surface area contributed by atoms with Crippen molar-refractivity contribution in [1.82, 2.24) is 19.7 Å². The summed E-state index contributed by atoms with van der Waals surface area (Å²) in [7, 11) is 0. The number of pyridine rings is 1. The summed E-state index contributed by atoms with van der Waals surface area (Å²) in [5.74, 6) is -1.07. The minimum atomic E-state index is -1.07. The average molecular weight is 346 g/mol. The topological polar surface area (TPSA) is 97.6 Å². The maximum atomic E-state index is 12.2. The van der Waals surface area contributed by atoms with Crippen molar-refractivity contribution in [2.45, 2.75) is 45.3 Å². The van der Waals surface area contributed by atoms with Gasteiger partial charge in [0.1, 0.15) is 5.60 Å². The zero-order valence-electron chi connectivity index (χ0n) is 14.6. The van der Waals surface area contributed by atoms with Crippen molar-refractivity contribution in [1.29, 1.82) is 0 Å². The highest BCUT2D eigenvalue weighted by molar-refractivity contribution is 6.00. The molecule has 3 rings (SSSR count). The van der Waals surface area contributed by atoms with Crippen molar-refractivity contribution < 1.29 is 19.4 Å². The number of hydrogen-bond acceptors (Lipinski definition) is 5. The zero-order valence-corrected chi connectivity index (χ0v) is 14.6. The molecule has 8 nitrogen and oxygen atoms in total. The van der Waals surface area contributed by atoms with Crippen molar-refractivity contribution in [2.75, 3.05) is 13.1 Å². The smallest absolute Gasteiger partial charge is 0.410 e. The van der Waals surface area contributed by atoms with Crippen LogP contribution < -0.4 is 0 Å². The number of amides is 1. The van der Waals surface area contributed by atoms with Crippen LogP contribution in [0.15, 0.2) is 18.3 Å². The van der Waals surface area contributed by atoms with E-state index in [2.05, 4.69) is 10.1 Å². The van der Waals surface area contributed by atoms with Gasteiger partial charge in [-0.3, -0.25) is 0 Å². The van der Waals surface area contributed by atoms with Gasteiger partial charge in [0, 0.05) is 19.3 Å². The van der Waals surface area contributed by atoms with Gasteiger partial charge in [-0.1, -0.05) is 0 Å². The quantitative estimate of drug-likeness (QED) is 0.898. The molecule has 1 saturated heterocycles. The highest BCUT2D eigenvalue weighted by Gasteiger charge is 2.29. The first-order chi connectivity index (χ1) is 11.8. The Labute approximate surface area is 145 Å². The first-order valence-corrected chi connectivity index (χ1v) is 8.31. The molecular formula is C17H22N4O4. The van der Waals surface area contributed by atoms with Gasteiger partial charge in [-0.15, -0.1) is 0 Å². The van der Waals surface area contributed by atoms with E-state index in [1.54, 1.807) is 27.9 Å². The summed E-state index contributed by atoms with van der Waals surface area (Å²) in [5.41, 5.74) is 0.0557. The van der Waals surface area contributed by atoms with E-state index in [-0.39, 0.29) is 17.8 Å². The number of carbonyl (C=O) groups excluding carboxylic acids is 1. The molecule has 0 bridgehead atoms. The number of hydrogen-bond donors (Lipinski definition) is 1. The van der Waals surface area contributed by atoms with Gasteiger partial charge < -0.3 is 14.7 Å². The Morgan fingerprint density at radius 3 is 2.56 bits per heavy atom. The van der Waals surface area contributed by atoms with Crippen LogP contribution >= 0.6 is 0 Å². The Kier molecular flexibility index (Phi) is 4.36. The number of ether oxygens (including phenoxy) is 1. The lowest BCUT2D eigenvalue weighted by atomic mass is 10.1. The lowest BCUT2D eigenvalue weighted by Crippen LogP contribution is -2.42. The fourth-order valence-electron chi connectivity index (χ4n) is 3.01. The van der Waals surface area contributed by atoms with Crippen LogP contribution in [-0.4, -0.2) is 55.5 Å². The maximum Gasteiger partial charge on any atom is 0.410 e. The second-order valence-electron chi connectivity index (χ2n) is 7.17. The summed E-state index contributed by atoms with van der Waals surface area (Å²) < 4.78 is 7.08. The number of likely N-dealkylation sites (tertiary alicyclic amines) is 1. The van der Waals surface area contributed by atoms with E-state index in [4.69, 9.17) is 4.74 Å². The van der Waals surface area contributed by atoms with E-state index in [9.17, 15) is 14.7 Å². The number of aromatic carboxylic acids is 1. The molecule has 25 heavy (non-hydrogen) atoms. The molecule has 2 aromatic rings. The lowest BCUT2D eigenvalue weighted by Gasteiger charge is -2.33. The van der Waals surface area contributed by atoms with Crippen molar-refractivity contribution in [3.63, 3.8) is 0 Å². The molecule has 0 aliphatic carbocycles. The van der Waals surface area contributed by atoms with Crippen molar-refractivity contribution in [2.24, 2.45) is 0 Å². The standard InChI is InChI=1S/C17H22N4O4/c1-17(2,3)25-16(24)20-9-6-11(7-10-20)21-14-12(5-4-8-18-14)13(19-21)15(22)23/h4-5,8,11H,6-7,9-10H2,1-3H3,(H,22,23). The predicted octanol–water partition coefficient (Wildman–Crippen LogP) is 2.70. The van der Waals surface area contributed by atoms with Crippen LogP contribution in [0.5, 0.6) is 0 Å². The molecule has 0 aromatic carbocycles. The highest BCUT2D eigenvalue weighted by atomic mass is 16.6. The first kappa shape index (κ1) is 17.2. The third-order valence-electron chi connectivity index (χ3n) is 4.13. The molecule has 134 valence electrons. The van der Waals surface area contributed by atoms with Crippen LogP contribution in [-0.2, 0) is 4.74 Å². The zero-order chi connectivity index (χ0) is 18.2. The van der Waals surface area contributed by atoms with Gasteiger partial charge in [0.05, 0.1) is 11.4 Å². The molecule has 3 heterocycles. The summed E-state index contributed by atoms with van der Waals surface area (Å²) >= 11 is 0. The molecular weight excluding hydrogens is 324 g/mol.